The van der Waals surface area contributed by atoms with E-state index in [0.717, 1.165) is 21.3 Å². The summed E-state index contributed by atoms with van der Waals surface area (Å²) >= 11 is 3.39. The molecule has 31 heavy (non-hydrogen) atoms. The number of ether oxygens (including phenoxy) is 3. The fourth-order valence-corrected chi connectivity index (χ4v) is 3.08. The number of benzene rings is 2. The Bertz CT molecular complexity index is 955. The van der Waals surface area contributed by atoms with Gasteiger partial charge in [0.2, 0.25) is 0 Å². The van der Waals surface area contributed by atoms with E-state index < -0.39 is 0 Å². The Balaban J connectivity index is 1.44. The van der Waals surface area contributed by atoms with Crippen molar-refractivity contribution in [2.45, 2.75) is 26.7 Å². The highest BCUT2D eigenvalue weighted by Gasteiger charge is 2.11. The largest absolute Gasteiger partial charge is 0.486 e. The number of rotatable bonds is 12. The molecule has 0 spiro atoms. The summed E-state index contributed by atoms with van der Waals surface area (Å²) in [6.07, 6.45) is 0. The molecule has 1 heterocycles. The summed E-state index contributed by atoms with van der Waals surface area (Å²) in [6.45, 7) is 4.95. The Morgan fingerprint density at radius 2 is 1.74 bits per heavy atom. The van der Waals surface area contributed by atoms with Crippen LogP contribution in [0.4, 0.5) is 0 Å². The van der Waals surface area contributed by atoms with Crippen molar-refractivity contribution < 1.29 is 23.4 Å². The zero-order valence-electron chi connectivity index (χ0n) is 17.4. The lowest BCUT2D eigenvalue weighted by Crippen LogP contribution is -2.22. The van der Waals surface area contributed by atoms with Crippen LogP contribution in [0.15, 0.2) is 69.6 Å². The van der Waals surface area contributed by atoms with Gasteiger partial charge in [0.25, 0.3) is 5.91 Å². The van der Waals surface area contributed by atoms with E-state index in [2.05, 4.69) is 21.2 Å². The van der Waals surface area contributed by atoms with Gasteiger partial charge < -0.3 is 23.9 Å². The second-order valence-corrected chi connectivity index (χ2v) is 7.68. The van der Waals surface area contributed by atoms with Gasteiger partial charge in [0.05, 0.1) is 19.8 Å². The lowest BCUT2D eigenvalue weighted by atomic mass is 10.1. The van der Waals surface area contributed by atoms with Crippen molar-refractivity contribution >= 4 is 21.8 Å². The van der Waals surface area contributed by atoms with Crippen LogP contribution < -0.4 is 10.1 Å². The lowest BCUT2D eigenvalue weighted by molar-refractivity contribution is 0.0453. The van der Waals surface area contributed by atoms with Gasteiger partial charge in [-0.25, -0.2) is 0 Å². The average Bonchev–Trinajstić information content (AvgIpc) is 3.26. The zero-order chi connectivity index (χ0) is 21.9. The van der Waals surface area contributed by atoms with E-state index in [9.17, 15) is 4.79 Å². The molecule has 0 aliphatic heterocycles. The predicted octanol–water partition coefficient (Wildman–Crippen LogP) is 5.10. The first-order valence-corrected chi connectivity index (χ1v) is 10.9. The van der Waals surface area contributed by atoms with Crippen molar-refractivity contribution in [1.29, 1.82) is 0 Å². The molecule has 0 unspecified atom stereocenters. The summed E-state index contributed by atoms with van der Waals surface area (Å²) in [4.78, 5) is 12.4. The molecule has 0 fully saturated rings. The van der Waals surface area contributed by atoms with Crippen LogP contribution in [0, 0.1) is 0 Å². The first-order valence-electron chi connectivity index (χ1n) is 10.1. The Morgan fingerprint density at radius 1 is 0.968 bits per heavy atom. The van der Waals surface area contributed by atoms with E-state index in [1.165, 1.54) is 0 Å². The number of carbonyl (C=O) groups is 1. The van der Waals surface area contributed by atoms with Gasteiger partial charge in [-0.15, -0.1) is 0 Å². The van der Waals surface area contributed by atoms with E-state index in [1.807, 2.05) is 55.5 Å². The standard InChI is InChI=1S/C24H26BrNO5/c1-2-28-12-13-29-16-19-5-3-4-18(14-19)15-26-24(27)23-11-10-22(31-23)17-30-21-8-6-20(25)7-9-21/h3-11,14H,2,12-13,15-17H2,1H3,(H,26,27). The molecule has 3 aromatic rings. The van der Waals surface area contributed by atoms with Crippen molar-refractivity contribution in [2.75, 3.05) is 19.8 Å². The Morgan fingerprint density at radius 3 is 2.55 bits per heavy atom. The maximum absolute atomic E-state index is 12.4. The van der Waals surface area contributed by atoms with Gasteiger partial charge in [-0.2, -0.15) is 0 Å². The maximum atomic E-state index is 12.4. The second-order valence-electron chi connectivity index (χ2n) is 6.76. The van der Waals surface area contributed by atoms with Gasteiger partial charge in [0.15, 0.2) is 5.76 Å². The highest BCUT2D eigenvalue weighted by molar-refractivity contribution is 9.10. The Kier molecular flexibility index (Phi) is 9.15. The molecular weight excluding hydrogens is 462 g/mol. The molecular formula is C24H26BrNO5. The smallest absolute Gasteiger partial charge is 0.287 e. The van der Waals surface area contributed by atoms with Crippen LogP contribution in [-0.4, -0.2) is 25.7 Å². The van der Waals surface area contributed by atoms with E-state index in [4.69, 9.17) is 18.6 Å². The minimum atomic E-state index is -0.270. The molecule has 0 saturated heterocycles. The van der Waals surface area contributed by atoms with Crippen LogP contribution in [0.5, 0.6) is 5.75 Å². The molecule has 0 saturated carbocycles. The summed E-state index contributed by atoms with van der Waals surface area (Å²) < 4.78 is 23.1. The van der Waals surface area contributed by atoms with Crippen LogP contribution >= 0.6 is 15.9 Å². The average molecular weight is 488 g/mol. The maximum Gasteiger partial charge on any atom is 0.287 e. The van der Waals surface area contributed by atoms with E-state index in [1.54, 1.807) is 12.1 Å². The van der Waals surface area contributed by atoms with Crippen LogP contribution in [0.3, 0.4) is 0 Å². The molecule has 0 bridgehead atoms. The van der Waals surface area contributed by atoms with E-state index >= 15 is 0 Å². The van der Waals surface area contributed by atoms with Gasteiger partial charge in [0.1, 0.15) is 18.1 Å². The fourth-order valence-electron chi connectivity index (χ4n) is 2.81. The molecule has 7 heteroatoms. The summed E-state index contributed by atoms with van der Waals surface area (Å²) in [7, 11) is 0. The molecule has 1 N–H and O–H groups in total. The van der Waals surface area contributed by atoms with Gasteiger partial charge in [-0.3, -0.25) is 4.79 Å². The Hall–Kier alpha value is -2.61. The van der Waals surface area contributed by atoms with Crippen LogP contribution in [-0.2, 0) is 29.2 Å². The molecule has 0 aliphatic carbocycles. The SMILES string of the molecule is CCOCCOCc1cccc(CNC(=O)c2ccc(COc3ccc(Br)cc3)o2)c1. The highest BCUT2D eigenvalue weighted by Crippen LogP contribution is 2.18. The Labute approximate surface area is 190 Å². The van der Waals surface area contributed by atoms with Crippen LogP contribution in [0.25, 0.3) is 0 Å². The zero-order valence-corrected chi connectivity index (χ0v) is 19.0. The molecule has 0 aliphatic rings. The molecule has 1 aromatic heterocycles. The molecule has 3 rings (SSSR count). The molecule has 1 amide bonds. The number of hydrogen-bond acceptors (Lipinski definition) is 5. The second kappa shape index (κ2) is 12.3. The molecule has 0 radical (unpaired) electrons. The first-order chi connectivity index (χ1) is 15.1. The number of nitrogens with one attached hydrogen (secondary N) is 1. The topological polar surface area (TPSA) is 69.9 Å². The first kappa shape index (κ1) is 23.1. The molecule has 164 valence electrons. The van der Waals surface area contributed by atoms with E-state index in [-0.39, 0.29) is 18.3 Å². The van der Waals surface area contributed by atoms with Crippen molar-refractivity contribution in [3.63, 3.8) is 0 Å². The van der Waals surface area contributed by atoms with Crippen molar-refractivity contribution in [1.82, 2.24) is 5.32 Å². The van der Waals surface area contributed by atoms with Gasteiger partial charge in [-0.05, 0) is 54.4 Å². The third kappa shape index (κ3) is 7.86. The molecule has 0 atom stereocenters. The summed E-state index contributed by atoms with van der Waals surface area (Å²) in [5, 5.41) is 2.88. The third-order valence-corrected chi connectivity index (χ3v) is 4.90. The highest BCUT2D eigenvalue weighted by atomic mass is 79.9. The number of amides is 1. The number of furan rings is 1. The normalized spacial score (nSPS) is 10.8. The van der Waals surface area contributed by atoms with Crippen molar-refractivity contribution in [3.8, 4) is 5.75 Å². The van der Waals surface area contributed by atoms with E-state index in [0.29, 0.717) is 38.7 Å². The van der Waals surface area contributed by atoms with Crippen LogP contribution in [0.1, 0.15) is 34.4 Å². The number of halogens is 1. The number of carbonyl (C=O) groups excluding carboxylic acids is 1. The minimum absolute atomic E-state index is 0.250. The summed E-state index contributed by atoms with van der Waals surface area (Å²) in [5.41, 5.74) is 2.04. The fraction of sp³-hybridized carbons (Fsp3) is 0.292. The van der Waals surface area contributed by atoms with Gasteiger partial charge in [-0.1, -0.05) is 40.2 Å². The quantitative estimate of drug-likeness (QED) is 0.359. The van der Waals surface area contributed by atoms with Gasteiger partial charge >= 0.3 is 0 Å². The summed E-state index contributed by atoms with van der Waals surface area (Å²) in [5.74, 6) is 1.30. The molecule has 6 nitrogen and oxygen atoms in total. The van der Waals surface area contributed by atoms with Gasteiger partial charge in [0, 0.05) is 17.6 Å². The van der Waals surface area contributed by atoms with Crippen LogP contribution in [0.2, 0.25) is 0 Å². The number of hydrogen-bond donors (Lipinski definition) is 1. The summed E-state index contributed by atoms with van der Waals surface area (Å²) in [6, 6.07) is 18.8. The van der Waals surface area contributed by atoms with Crippen molar-refractivity contribution in [2.24, 2.45) is 0 Å². The lowest BCUT2D eigenvalue weighted by Gasteiger charge is -2.08. The van der Waals surface area contributed by atoms with Crippen molar-refractivity contribution in [3.05, 3.63) is 87.8 Å². The monoisotopic (exact) mass is 487 g/mol. The third-order valence-electron chi connectivity index (χ3n) is 4.37. The molecule has 2 aromatic carbocycles. The minimum Gasteiger partial charge on any atom is -0.486 e. The predicted molar refractivity (Wildman–Crippen MR) is 121 cm³/mol.